The van der Waals surface area contributed by atoms with Gasteiger partial charge in [0, 0.05) is 47.5 Å². The minimum atomic E-state index is -0.312. The zero-order valence-corrected chi connectivity index (χ0v) is 19.5. The van der Waals surface area contributed by atoms with E-state index in [2.05, 4.69) is 15.3 Å². The fraction of sp³-hybridized carbons (Fsp3) is 0.103. The van der Waals surface area contributed by atoms with E-state index in [0.717, 1.165) is 40.8 Å². The van der Waals surface area contributed by atoms with Crippen LogP contribution in [0.1, 0.15) is 17.9 Å². The topological polar surface area (TPSA) is 80.1 Å². The molecule has 7 nitrogen and oxygen atoms in total. The monoisotopic (exact) mass is 473 g/mol. The second kappa shape index (κ2) is 9.11. The predicted molar refractivity (Wildman–Crippen MR) is 140 cm³/mol. The molecule has 5 aromatic rings. The van der Waals surface area contributed by atoms with Crippen LogP contribution in [-0.2, 0) is 22.4 Å². The first-order valence-electron chi connectivity index (χ1n) is 11.8. The summed E-state index contributed by atoms with van der Waals surface area (Å²) in [6.45, 7) is 0. The van der Waals surface area contributed by atoms with Crippen LogP contribution in [0.4, 0.5) is 17.1 Å². The Kier molecular flexibility index (Phi) is 5.50. The summed E-state index contributed by atoms with van der Waals surface area (Å²) in [4.78, 5) is 36.2. The molecule has 7 heteroatoms. The molecule has 0 unspecified atom stereocenters. The van der Waals surface area contributed by atoms with E-state index < -0.39 is 0 Å². The molecule has 0 radical (unpaired) electrons. The fourth-order valence-electron chi connectivity index (χ4n) is 4.70. The van der Waals surface area contributed by atoms with E-state index in [9.17, 15) is 9.59 Å². The molecule has 3 heterocycles. The second-order valence-electron chi connectivity index (χ2n) is 8.69. The summed E-state index contributed by atoms with van der Waals surface area (Å²) in [5, 5.41) is 4.84. The lowest BCUT2D eigenvalue weighted by atomic mass is 10.1. The smallest absolute Gasteiger partial charge is 0.241 e. The average molecular weight is 474 g/mol. The highest BCUT2D eigenvalue weighted by Gasteiger charge is 2.28. The number of aryl methyl sites for hydroxylation is 2. The van der Waals surface area contributed by atoms with Gasteiger partial charge in [0.2, 0.25) is 11.8 Å². The van der Waals surface area contributed by atoms with Gasteiger partial charge in [0.25, 0.3) is 0 Å². The first-order chi connectivity index (χ1) is 17.7. The minimum absolute atomic E-state index is 0.218. The van der Waals surface area contributed by atoms with Gasteiger partial charge in [-0.3, -0.25) is 19.5 Å². The van der Waals surface area contributed by atoms with Gasteiger partial charge in [-0.2, -0.15) is 0 Å². The van der Waals surface area contributed by atoms with Gasteiger partial charge in [-0.1, -0.05) is 36.4 Å². The van der Waals surface area contributed by atoms with Crippen LogP contribution in [0.15, 0.2) is 97.5 Å². The summed E-state index contributed by atoms with van der Waals surface area (Å²) in [6.07, 6.45) is 6.86. The number of nitrogens with zero attached hydrogens (tertiary/aromatic N) is 4. The van der Waals surface area contributed by atoms with Gasteiger partial charge in [0.15, 0.2) is 0 Å². The van der Waals surface area contributed by atoms with Crippen LogP contribution >= 0.6 is 0 Å². The van der Waals surface area contributed by atoms with Crippen LogP contribution < -0.4 is 10.2 Å². The summed E-state index contributed by atoms with van der Waals surface area (Å²) in [7, 11) is 0. The number of rotatable bonds is 5. The number of nitrogens with one attached hydrogen (secondary N) is 1. The van der Waals surface area contributed by atoms with E-state index in [1.807, 2.05) is 89.6 Å². The molecular weight excluding hydrogens is 450 g/mol. The van der Waals surface area contributed by atoms with Crippen molar-refractivity contribution in [1.82, 2.24) is 14.5 Å². The van der Waals surface area contributed by atoms with E-state index in [-0.39, 0.29) is 18.2 Å². The van der Waals surface area contributed by atoms with E-state index in [4.69, 9.17) is 0 Å². The van der Waals surface area contributed by atoms with Crippen LogP contribution in [0.5, 0.6) is 0 Å². The molecule has 3 aromatic carbocycles. The van der Waals surface area contributed by atoms with E-state index in [1.165, 1.54) is 0 Å². The number of carbonyl (C=O) groups is 2. The molecule has 0 saturated heterocycles. The highest BCUT2D eigenvalue weighted by Crippen LogP contribution is 2.40. The number of anilines is 3. The maximum Gasteiger partial charge on any atom is 0.241 e. The number of aromatic nitrogens is 3. The van der Waals surface area contributed by atoms with Crippen molar-refractivity contribution in [3.63, 3.8) is 0 Å². The third-order valence-corrected chi connectivity index (χ3v) is 6.41. The molecule has 2 aromatic heterocycles. The number of imidazole rings is 1. The number of benzene rings is 3. The van der Waals surface area contributed by atoms with Crippen molar-refractivity contribution < 1.29 is 9.59 Å². The molecule has 1 aliphatic heterocycles. The maximum absolute atomic E-state index is 13.2. The van der Waals surface area contributed by atoms with Gasteiger partial charge in [-0.15, -0.1) is 0 Å². The zero-order valence-electron chi connectivity index (χ0n) is 19.5. The number of pyridine rings is 1. The third-order valence-electron chi connectivity index (χ3n) is 6.41. The maximum atomic E-state index is 13.2. The third kappa shape index (κ3) is 4.01. The lowest BCUT2D eigenvalue weighted by molar-refractivity contribution is -0.124. The Morgan fingerprint density at radius 3 is 2.42 bits per heavy atom. The molecule has 6 rings (SSSR count). The second-order valence-corrected chi connectivity index (χ2v) is 8.69. The quantitative estimate of drug-likeness (QED) is 0.355. The zero-order chi connectivity index (χ0) is 24.5. The van der Waals surface area contributed by atoms with Crippen molar-refractivity contribution in [2.75, 3.05) is 10.2 Å². The van der Waals surface area contributed by atoms with Crippen molar-refractivity contribution in [3.8, 4) is 5.69 Å². The van der Waals surface area contributed by atoms with Crippen LogP contribution in [-0.4, -0.2) is 26.3 Å². The molecule has 1 N–H and O–H groups in total. The van der Waals surface area contributed by atoms with Crippen molar-refractivity contribution in [2.24, 2.45) is 0 Å². The van der Waals surface area contributed by atoms with E-state index >= 15 is 0 Å². The van der Waals surface area contributed by atoms with Crippen molar-refractivity contribution in [3.05, 3.63) is 109 Å². The number of carbonyl (C=O) groups excluding carboxylic acids is 2. The summed E-state index contributed by atoms with van der Waals surface area (Å²) in [6, 6.07) is 25.4. The minimum Gasteiger partial charge on any atom is -0.323 e. The predicted octanol–water partition coefficient (Wildman–Crippen LogP) is 5.21. The molecule has 0 spiro atoms. The first-order valence-corrected chi connectivity index (χ1v) is 11.8. The number of amides is 2. The first kappa shape index (κ1) is 21.7. The molecule has 0 bridgehead atoms. The van der Waals surface area contributed by atoms with Crippen LogP contribution in [0.25, 0.3) is 16.5 Å². The number of hydrogen-bond acceptors (Lipinski definition) is 4. The Morgan fingerprint density at radius 1 is 0.778 bits per heavy atom. The summed E-state index contributed by atoms with van der Waals surface area (Å²) in [5.74, 6) is 0.353. The van der Waals surface area contributed by atoms with Gasteiger partial charge in [-0.05, 0) is 54.3 Å². The summed E-state index contributed by atoms with van der Waals surface area (Å²) in [5.41, 5.74) is 3.99. The van der Waals surface area contributed by atoms with Gasteiger partial charge in [-0.25, -0.2) is 4.98 Å². The molecule has 1 aliphatic rings. The summed E-state index contributed by atoms with van der Waals surface area (Å²) < 4.78 is 2.05. The van der Waals surface area contributed by atoms with Gasteiger partial charge in [0.05, 0.1) is 11.4 Å². The molecule has 0 fully saturated rings. The van der Waals surface area contributed by atoms with Crippen molar-refractivity contribution >= 4 is 39.6 Å². The van der Waals surface area contributed by atoms with Crippen molar-refractivity contribution in [2.45, 2.75) is 19.3 Å². The number of fused-ring (bicyclic) bond motifs is 3. The van der Waals surface area contributed by atoms with Gasteiger partial charge < -0.3 is 9.88 Å². The molecule has 0 atom stereocenters. The lowest BCUT2D eigenvalue weighted by Gasteiger charge is -2.23. The molecule has 0 saturated carbocycles. The highest BCUT2D eigenvalue weighted by atomic mass is 16.2. The Bertz CT molecular complexity index is 1570. The van der Waals surface area contributed by atoms with Crippen LogP contribution in [0.3, 0.4) is 0 Å². The van der Waals surface area contributed by atoms with E-state index in [1.54, 1.807) is 17.3 Å². The van der Waals surface area contributed by atoms with Gasteiger partial charge in [0.1, 0.15) is 12.2 Å². The summed E-state index contributed by atoms with van der Waals surface area (Å²) >= 11 is 0. The Morgan fingerprint density at radius 2 is 1.58 bits per heavy atom. The van der Waals surface area contributed by atoms with Crippen LogP contribution in [0.2, 0.25) is 0 Å². The number of hydrogen-bond donors (Lipinski definition) is 1. The van der Waals surface area contributed by atoms with E-state index in [0.29, 0.717) is 17.1 Å². The Hall–Kier alpha value is -4.78. The average Bonchev–Trinajstić information content (AvgIpc) is 3.33. The molecule has 36 heavy (non-hydrogen) atoms. The normalized spacial score (nSPS) is 13.4. The largest absolute Gasteiger partial charge is 0.323 e. The Labute approximate surface area is 208 Å². The van der Waals surface area contributed by atoms with Crippen LogP contribution in [0, 0.1) is 0 Å². The van der Waals surface area contributed by atoms with Crippen molar-refractivity contribution in [1.29, 1.82) is 0 Å². The lowest BCUT2D eigenvalue weighted by Crippen LogP contribution is -2.26. The standard InChI is InChI=1S/C29H23N5O2/c35-27-19-28(36)34(25-14-8-20-5-1-2-7-24(20)29(25)32-27)23-12-10-22(11-13-23)33-18-17-31-26(33)15-9-21-6-3-4-16-30-21/h1-8,10-14,16-18H,9,15,19H2,(H,32,35). The highest BCUT2D eigenvalue weighted by molar-refractivity contribution is 6.21. The fourth-order valence-corrected chi connectivity index (χ4v) is 4.70. The molecule has 2 amide bonds. The van der Waals surface area contributed by atoms with Gasteiger partial charge >= 0.3 is 0 Å². The molecular formula is C29H23N5O2. The molecule has 176 valence electrons. The Balaban J connectivity index is 1.33. The molecule has 0 aliphatic carbocycles. The SMILES string of the molecule is O=C1CC(=O)N(c2ccc(-n3ccnc3CCc3ccccn3)cc2)c2ccc3ccccc3c2N1.